The summed E-state index contributed by atoms with van der Waals surface area (Å²) in [5.41, 5.74) is 3.32. The maximum absolute atomic E-state index is 13.3. The van der Waals surface area contributed by atoms with E-state index in [9.17, 15) is 18.0 Å². The number of fused-ring (bicyclic) bond motifs is 1. The standard InChI is InChI=1S/C27H29N5O4S2/c1-15-25(37-27(29-15)30-22-13-20(8-9-28-22)31-10-4-5-23(31)33)18-11-19-14-32(16(2)17-6-7-17)26(34)24(19)21(12-18)38(3,35)36/h8-9,11-13,16-17H,4-7,10,14H2,1-3H3,(H,28,29,30)/t16-/m0/s1. The van der Waals surface area contributed by atoms with Crippen molar-refractivity contribution in [3.05, 3.63) is 47.3 Å². The molecule has 1 saturated carbocycles. The van der Waals surface area contributed by atoms with Gasteiger partial charge < -0.3 is 15.1 Å². The lowest BCUT2D eigenvalue weighted by molar-refractivity contribution is -0.117. The average molecular weight is 552 g/mol. The summed E-state index contributed by atoms with van der Waals surface area (Å²) in [5, 5.41) is 3.84. The van der Waals surface area contributed by atoms with E-state index in [1.807, 2.05) is 30.0 Å². The molecule has 6 rings (SSSR count). The predicted octanol–water partition coefficient (Wildman–Crippen LogP) is 4.54. The lowest BCUT2D eigenvalue weighted by Gasteiger charge is -2.24. The summed E-state index contributed by atoms with van der Waals surface area (Å²) in [6, 6.07) is 7.28. The molecule has 1 saturated heterocycles. The van der Waals surface area contributed by atoms with Crippen LogP contribution in [0.15, 0.2) is 35.4 Å². The van der Waals surface area contributed by atoms with Crippen molar-refractivity contribution in [1.29, 1.82) is 0 Å². The number of aryl methyl sites for hydroxylation is 1. The van der Waals surface area contributed by atoms with E-state index < -0.39 is 9.84 Å². The van der Waals surface area contributed by atoms with E-state index in [-0.39, 0.29) is 22.8 Å². The minimum Gasteiger partial charge on any atom is -0.331 e. The number of rotatable bonds is 7. The van der Waals surface area contributed by atoms with Gasteiger partial charge in [-0.3, -0.25) is 9.59 Å². The number of carbonyl (C=O) groups is 2. The minimum atomic E-state index is -3.64. The third-order valence-electron chi connectivity index (χ3n) is 7.62. The number of nitrogens with one attached hydrogen (secondary N) is 1. The van der Waals surface area contributed by atoms with Crippen LogP contribution in [0.25, 0.3) is 10.4 Å². The van der Waals surface area contributed by atoms with E-state index >= 15 is 0 Å². The topological polar surface area (TPSA) is 113 Å². The van der Waals surface area contributed by atoms with Crippen LogP contribution in [0, 0.1) is 12.8 Å². The Labute approximate surface area is 225 Å². The molecule has 1 aliphatic carbocycles. The molecule has 3 aromatic rings. The number of benzene rings is 1. The van der Waals surface area contributed by atoms with E-state index in [2.05, 4.69) is 22.2 Å². The normalized spacial score (nSPS) is 18.3. The summed E-state index contributed by atoms with van der Waals surface area (Å²) < 4.78 is 25.6. The van der Waals surface area contributed by atoms with E-state index in [1.165, 1.54) is 11.3 Å². The lowest BCUT2D eigenvalue weighted by atomic mass is 10.0. The highest BCUT2D eigenvalue weighted by Crippen LogP contribution is 2.42. The summed E-state index contributed by atoms with van der Waals surface area (Å²) >= 11 is 1.40. The van der Waals surface area contributed by atoms with Crippen LogP contribution in [0.2, 0.25) is 0 Å². The van der Waals surface area contributed by atoms with Gasteiger partial charge in [-0.1, -0.05) is 11.3 Å². The molecule has 2 aliphatic heterocycles. The average Bonchev–Trinajstić information content (AvgIpc) is 3.41. The van der Waals surface area contributed by atoms with E-state index in [0.717, 1.165) is 52.9 Å². The van der Waals surface area contributed by atoms with E-state index in [4.69, 9.17) is 0 Å². The van der Waals surface area contributed by atoms with Gasteiger partial charge in [-0.25, -0.2) is 18.4 Å². The van der Waals surface area contributed by atoms with Gasteiger partial charge in [0.2, 0.25) is 5.91 Å². The Balaban J connectivity index is 1.33. The summed E-state index contributed by atoms with van der Waals surface area (Å²) in [7, 11) is -3.64. The van der Waals surface area contributed by atoms with E-state index in [1.54, 1.807) is 17.2 Å². The molecule has 0 spiro atoms. The number of hydrogen-bond acceptors (Lipinski definition) is 8. The Morgan fingerprint density at radius 1 is 1.18 bits per heavy atom. The molecule has 0 radical (unpaired) electrons. The number of nitrogens with zero attached hydrogens (tertiary/aromatic N) is 4. The minimum absolute atomic E-state index is 0.0763. The van der Waals surface area contributed by atoms with Crippen molar-refractivity contribution in [1.82, 2.24) is 14.9 Å². The summed E-state index contributed by atoms with van der Waals surface area (Å²) in [5.74, 6) is 0.972. The van der Waals surface area contributed by atoms with Gasteiger partial charge in [-0.2, -0.15) is 0 Å². The van der Waals surface area contributed by atoms with Gasteiger partial charge in [0.05, 0.1) is 21.0 Å². The van der Waals surface area contributed by atoms with E-state index in [0.29, 0.717) is 41.9 Å². The van der Waals surface area contributed by atoms with Crippen LogP contribution in [-0.2, 0) is 21.2 Å². The van der Waals surface area contributed by atoms with Crippen LogP contribution in [0.4, 0.5) is 16.6 Å². The molecule has 0 unspecified atom stereocenters. The van der Waals surface area contributed by atoms with Crippen LogP contribution in [0.3, 0.4) is 0 Å². The monoisotopic (exact) mass is 551 g/mol. The van der Waals surface area contributed by atoms with Gasteiger partial charge >= 0.3 is 0 Å². The zero-order valence-electron chi connectivity index (χ0n) is 21.5. The third-order valence-corrected chi connectivity index (χ3v) is 9.86. The smallest absolute Gasteiger partial charge is 0.256 e. The first-order valence-corrected chi connectivity index (χ1v) is 15.5. The number of anilines is 3. The Kier molecular flexibility index (Phi) is 6.03. The number of hydrogen-bond donors (Lipinski definition) is 1. The fourth-order valence-electron chi connectivity index (χ4n) is 5.43. The van der Waals surface area contributed by atoms with Gasteiger partial charge in [-0.05, 0) is 68.4 Å². The number of amides is 2. The number of pyridine rings is 1. The third kappa shape index (κ3) is 4.47. The van der Waals surface area contributed by atoms with Gasteiger partial charge in [-0.15, -0.1) is 0 Å². The summed E-state index contributed by atoms with van der Waals surface area (Å²) in [6.45, 7) is 5.04. The fourth-order valence-corrected chi connectivity index (χ4v) is 7.32. The number of carbonyl (C=O) groups excluding carboxylic acids is 2. The predicted molar refractivity (Wildman–Crippen MR) is 147 cm³/mol. The van der Waals surface area contributed by atoms with Crippen LogP contribution < -0.4 is 10.2 Å². The van der Waals surface area contributed by atoms with Crippen molar-refractivity contribution in [2.45, 2.75) is 57.0 Å². The molecular formula is C27H29N5O4S2. The molecule has 198 valence electrons. The van der Waals surface area contributed by atoms with Crippen molar-refractivity contribution < 1.29 is 18.0 Å². The second-order valence-corrected chi connectivity index (χ2v) is 13.4. The SMILES string of the molecule is Cc1nc(Nc2cc(N3CCCC3=O)ccn2)sc1-c1cc2c(c(S(C)(=O)=O)c1)C(=O)N([C@@H](C)C1CC1)C2. The highest BCUT2D eigenvalue weighted by atomic mass is 32.2. The summed E-state index contributed by atoms with van der Waals surface area (Å²) in [6.07, 6.45) is 6.43. The molecule has 9 nitrogen and oxygen atoms in total. The quantitative estimate of drug-likeness (QED) is 0.459. The molecule has 2 amide bonds. The van der Waals surface area contributed by atoms with Crippen LogP contribution in [0.5, 0.6) is 0 Å². The maximum Gasteiger partial charge on any atom is 0.256 e. The molecule has 2 fully saturated rings. The molecule has 38 heavy (non-hydrogen) atoms. The molecule has 2 aromatic heterocycles. The first-order chi connectivity index (χ1) is 18.1. The Morgan fingerprint density at radius 3 is 2.66 bits per heavy atom. The molecule has 11 heteroatoms. The molecular weight excluding hydrogens is 522 g/mol. The van der Waals surface area contributed by atoms with Crippen molar-refractivity contribution in [3.63, 3.8) is 0 Å². The van der Waals surface area contributed by atoms with Crippen LogP contribution in [-0.4, -0.2) is 53.9 Å². The highest BCUT2D eigenvalue weighted by Gasteiger charge is 2.41. The molecule has 1 N–H and O–H groups in total. The molecule has 0 bridgehead atoms. The number of aromatic nitrogens is 2. The zero-order valence-corrected chi connectivity index (χ0v) is 23.2. The summed E-state index contributed by atoms with van der Waals surface area (Å²) in [4.78, 5) is 39.0. The maximum atomic E-state index is 13.3. The largest absolute Gasteiger partial charge is 0.331 e. The molecule has 4 heterocycles. The molecule has 3 aliphatic rings. The fraction of sp³-hybridized carbons (Fsp3) is 0.407. The number of thiazole rings is 1. The van der Waals surface area contributed by atoms with Crippen molar-refractivity contribution in [3.8, 4) is 10.4 Å². The lowest BCUT2D eigenvalue weighted by Crippen LogP contribution is -2.35. The van der Waals surface area contributed by atoms with Crippen LogP contribution in [0.1, 0.15) is 54.2 Å². The highest BCUT2D eigenvalue weighted by molar-refractivity contribution is 7.90. The Morgan fingerprint density at radius 2 is 1.97 bits per heavy atom. The van der Waals surface area contributed by atoms with Gasteiger partial charge in [0.15, 0.2) is 15.0 Å². The molecule has 1 atom stereocenters. The van der Waals surface area contributed by atoms with Crippen molar-refractivity contribution in [2.75, 3.05) is 23.0 Å². The van der Waals surface area contributed by atoms with Gasteiger partial charge in [0.25, 0.3) is 5.91 Å². The molecule has 1 aromatic carbocycles. The van der Waals surface area contributed by atoms with Crippen LogP contribution >= 0.6 is 11.3 Å². The Hall–Kier alpha value is -3.31. The number of sulfone groups is 1. The first kappa shape index (κ1) is 25.0. The Bertz CT molecular complexity index is 1580. The second kappa shape index (κ2) is 9.16. The second-order valence-electron chi connectivity index (χ2n) is 10.4. The van der Waals surface area contributed by atoms with Crippen molar-refractivity contribution in [2.24, 2.45) is 5.92 Å². The van der Waals surface area contributed by atoms with Gasteiger partial charge in [0.1, 0.15) is 5.82 Å². The van der Waals surface area contributed by atoms with Gasteiger partial charge in [0, 0.05) is 49.8 Å². The first-order valence-electron chi connectivity index (χ1n) is 12.8. The van der Waals surface area contributed by atoms with Crippen molar-refractivity contribution >= 4 is 49.6 Å². The zero-order chi connectivity index (χ0) is 26.8.